The van der Waals surface area contributed by atoms with E-state index in [-0.39, 0.29) is 12.4 Å². The van der Waals surface area contributed by atoms with Crippen LogP contribution in [0.5, 0.6) is 0 Å². The number of carbonyl (C=O) groups is 1. The van der Waals surface area contributed by atoms with Gasteiger partial charge in [0.1, 0.15) is 6.61 Å². The van der Waals surface area contributed by atoms with Crippen molar-refractivity contribution in [2.45, 2.75) is 26.4 Å². The Balaban J connectivity index is 2.43. The molecular formula is C13H17NO3. The van der Waals surface area contributed by atoms with Crippen molar-refractivity contribution in [2.75, 3.05) is 7.11 Å². The third-order valence-corrected chi connectivity index (χ3v) is 2.25. The molecule has 0 atom stereocenters. The summed E-state index contributed by atoms with van der Waals surface area (Å²) >= 11 is 0. The van der Waals surface area contributed by atoms with Gasteiger partial charge in [0.15, 0.2) is 0 Å². The van der Waals surface area contributed by atoms with Crippen LogP contribution in [0.25, 0.3) is 0 Å². The van der Waals surface area contributed by atoms with E-state index in [1.165, 1.54) is 7.11 Å². The monoisotopic (exact) mass is 235 g/mol. The second kappa shape index (κ2) is 7.44. The Hall–Kier alpha value is -1.84. The Bertz CT molecular complexity index is 374. The molecule has 0 fully saturated rings. The van der Waals surface area contributed by atoms with Crippen molar-refractivity contribution in [1.82, 2.24) is 0 Å². The number of esters is 1. The lowest BCUT2D eigenvalue weighted by Gasteiger charge is -2.03. The molecule has 17 heavy (non-hydrogen) atoms. The number of ether oxygens (including phenoxy) is 1. The molecule has 0 aromatic heterocycles. The molecule has 0 saturated heterocycles. The van der Waals surface area contributed by atoms with Crippen LogP contribution in [0.4, 0.5) is 0 Å². The number of nitrogens with zero attached hydrogens (tertiary/aromatic N) is 1. The first-order chi connectivity index (χ1) is 8.26. The SMILES string of the molecule is CC/C(CC(=O)OC)=N\OCc1ccccc1. The van der Waals surface area contributed by atoms with Gasteiger partial charge in [0, 0.05) is 0 Å². The lowest BCUT2D eigenvalue weighted by Crippen LogP contribution is -2.09. The first-order valence-electron chi connectivity index (χ1n) is 5.54. The van der Waals surface area contributed by atoms with E-state index in [1.807, 2.05) is 37.3 Å². The molecule has 0 heterocycles. The van der Waals surface area contributed by atoms with Crippen molar-refractivity contribution in [3.8, 4) is 0 Å². The number of hydrogen-bond donors (Lipinski definition) is 0. The number of carbonyl (C=O) groups excluding carboxylic acids is 1. The molecule has 0 spiro atoms. The fourth-order valence-corrected chi connectivity index (χ4v) is 1.23. The van der Waals surface area contributed by atoms with Crippen LogP contribution in [0.2, 0.25) is 0 Å². The standard InChI is InChI=1S/C13H17NO3/c1-3-12(9-13(15)16-2)14-17-10-11-7-5-4-6-8-11/h4-8H,3,9-10H2,1-2H3/b14-12+. The molecule has 1 aromatic rings. The topological polar surface area (TPSA) is 47.9 Å². The zero-order valence-corrected chi connectivity index (χ0v) is 10.2. The Kier molecular flexibility index (Phi) is 5.79. The lowest BCUT2D eigenvalue weighted by molar-refractivity contribution is -0.139. The highest BCUT2D eigenvalue weighted by molar-refractivity contribution is 5.98. The van der Waals surface area contributed by atoms with Crippen LogP contribution in [0.1, 0.15) is 25.3 Å². The predicted molar refractivity (Wildman–Crippen MR) is 65.6 cm³/mol. The second-order valence-corrected chi connectivity index (χ2v) is 3.52. The summed E-state index contributed by atoms with van der Waals surface area (Å²) in [6.07, 6.45) is 0.853. The van der Waals surface area contributed by atoms with Crippen molar-refractivity contribution < 1.29 is 14.4 Å². The Morgan fingerprint density at radius 2 is 2.00 bits per heavy atom. The van der Waals surface area contributed by atoms with E-state index in [0.717, 1.165) is 5.56 Å². The Labute approximate surface area is 101 Å². The van der Waals surface area contributed by atoms with Gasteiger partial charge in [0.05, 0.1) is 19.2 Å². The van der Waals surface area contributed by atoms with E-state index < -0.39 is 0 Å². The van der Waals surface area contributed by atoms with Crippen molar-refractivity contribution in [3.05, 3.63) is 35.9 Å². The Morgan fingerprint density at radius 1 is 1.29 bits per heavy atom. The zero-order chi connectivity index (χ0) is 12.5. The molecule has 0 aliphatic rings. The number of oxime groups is 1. The molecule has 1 aromatic carbocycles. The smallest absolute Gasteiger partial charge is 0.311 e. The first kappa shape index (κ1) is 13.2. The third-order valence-electron chi connectivity index (χ3n) is 2.25. The molecule has 0 amide bonds. The third kappa shape index (κ3) is 5.15. The van der Waals surface area contributed by atoms with Gasteiger partial charge in [-0.05, 0) is 12.0 Å². The summed E-state index contributed by atoms with van der Waals surface area (Å²) in [5, 5.41) is 3.94. The van der Waals surface area contributed by atoms with Crippen molar-refractivity contribution >= 4 is 11.7 Å². The number of hydrogen-bond acceptors (Lipinski definition) is 4. The quantitative estimate of drug-likeness (QED) is 0.432. The highest BCUT2D eigenvalue weighted by Gasteiger charge is 2.06. The summed E-state index contributed by atoms with van der Waals surface area (Å²) in [5.41, 5.74) is 1.73. The van der Waals surface area contributed by atoms with Crippen LogP contribution in [-0.4, -0.2) is 18.8 Å². The summed E-state index contributed by atoms with van der Waals surface area (Å²) < 4.78 is 4.57. The molecule has 0 radical (unpaired) electrons. The molecule has 0 aliphatic carbocycles. The van der Waals surface area contributed by atoms with Gasteiger partial charge in [0.25, 0.3) is 0 Å². The predicted octanol–water partition coefficient (Wildman–Crippen LogP) is 2.53. The van der Waals surface area contributed by atoms with Crippen LogP contribution in [0.15, 0.2) is 35.5 Å². The molecular weight excluding hydrogens is 218 g/mol. The fourth-order valence-electron chi connectivity index (χ4n) is 1.23. The minimum Gasteiger partial charge on any atom is -0.469 e. The van der Waals surface area contributed by atoms with E-state index in [4.69, 9.17) is 4.84 Å². The Morgan fingerprint density at radius 3 is 2.59 bits per heavy atom. The lowest BCUT2D eigenvalue weighted by atomic mass is 10.2. The average Bonchev–Trinajstić information content (AvgIpc) is 2.38. The number of methoxy groups -OCH3 is 1. The van der Waals surface area contributed by atoms with E-state index in [0.29, 0.717) is 18.7 Å². The highest BCUT2D eigenvalue weighted by Crippen LogP contribution is 2.02. The summed E-state index contributed by atoms with van der Waals surface area (Å²) in [6, 6.07) is 9.75. The maximum absolute atomic E-state index is 11.1. The van der Waals surface area contributed by atoms with Gasteiger partial charge in [-0.15, -0.1) is 0 Å². The highest BCUT2D eigenvalue weighted by atomic mass is 16.6. The van der Waals surface area contributed by atoms with Gasteiger partial charge in [-0.1, -0.05) is 42.4 Å². The fraction of sp³-hybridized carbons (Fsp3) is 0.385. The molecule has 4 heteroatoms. The van der Waals surface area contributed by atoms with Gasteiger partial charge in [-0.25, -0.2) is 0 Å². The van der Waals surface area contributed by atoms with E-state index in [9.17, 15) is 4.79 Å². The summed E-state index contributed by atoms with van der Waals surface area (Å²) in [5.74, 6) is -0.297. The van der Waals surface area contributed by atoms with Crippen molar-refractivity contribution in [2.24, 2.45) is 5.16 Å². The second-order valence-electron chi connectivity index (χ2n) is 3.52. The van der Waals surface area contributed by atoms with Crippen LogP contribution in [0.3, 0.4) is 0 Å². The van der Waals surface area contributed by atoms with Crippen molar-refractivity contribution in [3.63, 3.8) is 0 Å². The summed E-state index contributed by atoms with van der Waals surface area (Å²) in [6.45, 7) is 2.33. The maximum atomic E-state index is 11.1. The van der Waals surface area contributed by atoms with Crippen LogP contribution < -0.4 is 0 Å². The molecule has 0 N–H and O–H groups in total. The van der Waals surface area contributed by atoms with Gasteiger partial charge in [-0.3, -0.25) is 4.79 Å². The first-order valence-corrected chi connectivity index (χ1v) is 5.54. The largest absolute Gasteiger partial charge is 0.469 e. The molecule has 92 valence electrons. The molecule has 0 unspecified atom stereocenters. The molecule has 0 bridgehead atoms. The van der Waals surface area contributed by atoms with E-state index in [2.05, 4.69) is 9.89 Å². The maximum Gasteiger partial charge on any atom is 0.311 e. The van der Waals surface area contributed by atoms with Gasteiger partial charge in [-0.2, -0.15) is 0 Å². The minimum atomic E-state index is -0.297. The van der Waals surface area contributed by atoms with Crippen LogP contribution in [0, 0.1) is 0 Å². The molecule has 0 saturated carbocycles. The number of benzene rings is 1. The van der Waals surface area contributed by atoms with Gasteiger partial charge >= 0.3 is 5.97 Å². The summed E-state index contributed by atoms with van der Waals surface area (Å²) in [7, 11) is 1.36. The summed E-state index contributed by atoms with van der Waals surface area (Å²) in [4.78, 5) is 16.3. The normalized spacial score (nSPS) is 11.1. The average molecular weight is 235 g/mol. The minimum absolute atomic E-state index is 0.182. The van der Waals surface area contributed by atoms with Gasteiger partial charge < -0.3 is 9.57 Å². The van der Waals surface area contributed by atoms with Crippen LogP contribution in [-0.2, 0) is 21.0 Å². The molecule has 0 aliphatic heterocycles. The molecule has 1 rings (SSSR count). The molecule has 4 nitrogen and oxygen atoms in total. The van der Waals surface area contributed by atoms with Crippen molar-refractivity contribution in [1.29, 1.82) is 0 Å². The zero-order valence-electron chi connectivity index (χ0n) is 10.2. The van der Waals surface area contributed by atoms with E-state index in [1.54, 1.807) is 0 Å². The number of rotatable bonds is 6. The van der Waals surface area contributed by atoms with Gasteiger partial charge in [0.2, 0.25) is 0 Å². The van der Waals surface area contributed by atoms with E-state index >= 15 is 0 Å². The van der Waals surface area contributed by atoms with Crippen LogP contribution >= 0.6 is 0 Å².